The average Bonchev–Trinajstić information content (AvgIpc) is 3.16. The molecule has 20 heavy (non-hydrogen) atoms. The van der Waals surface area contributed by atoms with Crippen LogP contribution in [-0.4, -0.2) is 31.9 Å². The van der Waals surface area contributed by atoms with E-state index in [4.69, 9.17) is 0 Å². The Morgan fingerprint density at radius 2 is 2.25 bits per heavy atom. The van der Waals surface area contributed by atoms with Crippen molar-refractivity contribution in [3.8, 4) is 0 Å². The number of likely N-dealkylation sites (N-methyl/N-ethyl adjacent to an activating group) is 1. The van der Waals surface area contributed by atoms with Gasteiger partial charge in [-0.2, -0.15) is 4.31 Å². The van der Waals surface area contributed by atoms with Gasteiger partial charge in [0.05, 0.1) is 0 Å². The van der Waals surface area contributed by atoms with Crippen molar-refractivity contribution < 1.29 is 8.42 Å². The summed E-state index contributed by atoms with van der Waals surface area (Å²) < 4.78 is 27.0. The van der Waals surface area contributed by atoms with E-state index in [1.54, 1.807) is 12.1 Å². The molecule has 1 N–H and O–H groups in total. The molecule has 0 radical (unpaired) electrons. The molecule has 0 aromatic carbocycles. The Morgan fingerprint density at radius 3 is 2.80 bits per heavy atom. The second kappa shape index (κ2) is 6.39. The summed E-state index contributed by atoms with van der Waals surface area (Å²) in [6.07, 6.45) is 4.09. The van der Waals surface area contributed by atoms with E-state index in [2.05, 4.69) is 11.9 Å². The highest BCUT2D eigenvalue weighted by Crippen LogP contribution is 2.29. The third-order valence-corrected chi connectivity index (χ3v) is 7.03. The van der Waals surface area contributed by atoms with Crippen molar-refractivity contribution in [1.29, 1.82) is 0 Å². The van der Waals surface area contributed by atoms with E-state index in [1.165, 1.54) is 28.5 Å². The molecule has 1 aliphatic rings. The standard InChI is InChI=1S/C14H22N2O2S2/c1-4-8-16(5-2)20(17,18)14-9-11(3)13(19-14)10-15-12-6-7-12/h4,9,12,15H,1,5-8,10H2,2-3H3. The van der Waals surface area contributed by atoms with E-state index in [9.17, 15) is 8.42 Å². The first-order valence-electron chi connectivity index (χ1n) is 6.92. The molecule has 0 atom stereocenters. The molecule has 1 saturated carbocycles. The number of nitrogens with zero attached hydrogens (tertiary/aromatic N) is 1. The van der Waals surface area contributed by atoms with Crippen molar-refractivity contribution in [2.24, 2.45) is 0 Å². The van der Waals surface area contributed by atoms with Gasteiger partial charge in [-0.1, -0.05) is 13.0 Å². The largest absolute Gasteiger partial charge is 0.309 e. The highest BCUT2D eigenvalue weighted by atomic mass is 32.2. The maximum Gasteiger partial charge on any atom is 0.252 e. The van der Waals surface area contributed by atoms with Crippen LogP contribution in [0.25, 0.3) is 0 Å². The maximum absolute atomic E-state index is 12.5. The Morgan fingerprint density at radius 1 is 1.55 bits per heavy atom. The van der Waals surface area contributed by atoms with E-state index in [0.29, 0.717) is 23.3 Å². The lowest BCUT2D eigenvalue weighted by atomic mass is 10.3. The molecule has 0 amide bonds. The molecule has 0 aliphatic heterocycles. The molecule has 1 aromatic heterocycles. The summed E-state index contributed by atoms with van der Waals surface area (Å²) in [5.41, 5.74) is 1.05. The SMILES string of the molecule is C=CCN(CC)S(=O)(=O)c1cc(C)c(CNC2CC2)s1. The Bertz CT molecular complexity index is 574. The fourth-order valence-corrected chi connectivity index (χ4v) is 5.10. The Kier molecular flexibility index (Phi) is 5.01. The van der Waals surface area contributed by atoms with Crippen LogP contribution in [0.2, 0.25) is 0 Å². The fraction of sp³-hybridized carbons (Fsp3) is 0.571. The molecule has 112 valence electrons. The number of sulfonamides is 1. The Balaban J connectivity index is 2.17. The minimum atomic E-state index is -3.39. The number of hydrogen-bond acceptors (Lipinski definition) is 4. The number of rotatable bonds is 8. The van der Waals surface area contributed by atoms with Gasteiger partial charge in [0.1, 0.15) is 4.21 Å². The summed E-state index contributed by atoms with van der Waals surface area (Å²) in [5.74, 6) is 0. The lowest BCUT2D eigenvalue weighted by molar-refractivity contribution is 0.461. The summed E-state index contributed by atoms with van der Waals surface area (Å²) >= 11 is 1.38. The first kappa shape index (κ1) is 15.7. The molecular formula is C14H22N2O2S2. The van der Waals surface area contributed by atoms with Gasteiger partial charge in [0.15, 0.2) is 0 Å². The summed E-state index contributed by atoms with van der Waals surface area (Å²) in [7, 11) is -3.39. The summed E-state index contributed by atoms with van der Waals surface area (Å²) in [6, 6.07) is 2.42. The molecule has 6 heteroatoms. The van der Waals surface area contributed by atoms with E-state index >= 15 is 0 Å². The van der Waals surface area contributed by atoms with E-state index in [-0.39, 0.29) is 0 Å². The van der Waals surface area contributed by atoms with E-state index in [1.807, 2.05) is 13.8 Å². The highest BCUT2D eigenvalue weighted by Gasteiger charge is 2.26. The lowest BCUT2D eigenvalue weighted by Gasteiger charge is -2.17. The molecule has 0 saturated heterocycles. The number of nitrogens with one attached hydrogen (secondary N) is 1. The van der Waals surface area contributed by atoms with E-state index in [0.717, 1.165) is 17.0 Å². The molecule has 1 aliphatic carbocycles. The molecule has 1 aromatic rings. The van der Waals surface area contributed by atoms with Crippen molar-refractivity contribution >= 4 is 21.4 Å². The van der Waals surface area contributed by atoms with Crippen LogP contribution >= 0.6 is 11.3 Å². The molecule has 1 heterocycles. The zero-order valence-corrected chi connectivity index (χ0v) is 13.7. The van der Waals surface area contributed by atoms with Crippen molar-refractivity contribution in [3.63, 3.8) is 0 Å². The third-order valence-electron chi connectivity index (χ3n) is 3.41. The van der Waals surface area contributed by atoms with Crippen LogP contribution in [0.3, 0.4) is 0 Å². The van der Waals surface area contributed by atoms with Crippen LogP contribution in [0.5, 0.6) is 0 Å². The van der Waals surface area contributed by atoms with Gasteiger partial charge in [0.25, 0.3) is 10.0 Å². The second-order valence-electron chi connectivity index (χ2n) is 5.07. The minimum absolute atomic E-state index is 0.353. The summed E-state index contributed by atoms with van der Waals surface area (Å²) in [4.78, 5) is 1.12. The quantitative estimate of drug-likeness (QED) is 0.750. The molecule has 0 unspecified atom stereocenters. The smallest absolute Gasteiger partial charge is 0.252 e. The Labute approximate surface area is 125 Å². The zero-order valence-electron chi connectivity index (χ0n) is 12.1. The number of hydrogen-bond donors (Lipinski definition) is 1. The number of aryl methyl sites for hydroxylation is 1. The molecule has 0 spiro atoms. The van der Waals surface area contributed by atoms with Gasteiger partial charge < -0.3 is 5.32 Å². The van der Waals surface area contributed by atoms with Crippen molar-refractivity contribution in [1.82, 2.24) is 9.62 Å². The van der Waals surface area contributed by atoms with Crippen molar-refractivity contribution in [2.75, 3.05) is 13.1 Å². The number of thiophene rings is 1. The van der Waals surface area contributed by atoms with Crippen LogP contribution in [0, 0.1) is 6.92 Å². The van der Waals surface area contributed by atoms with Gasteiger partial charge in [0, 0.05) is 30.6 Å². The fourth-order valence-electron chi connectivity index (χ4n) is 1.98. The first-order valence-corrected chi connectivity index (χ1v) is 9.18. The van der Waals surface area contributed by atoms with Gasteiger partial charge >= 0.3 is 0 Å². The zero-order chi connectivity index (χ0) is 14.8. The second-order valence-corrected chi connectivity index (χ2v) is 8.37. The molecule has 4 nitrogen and oxygen atoms in total. The molecular weight excluding hydrogens is 292 g/mol. The lowest BCUT2D eigenvalue weighted by Crippen LogP contribution is -2.30. The van der Waals surface area contributed by atoms with Crippen LogP contribution < -0.4 is 5.32 Å². The maximum atomic E-state index is 12.5. The molecule has 1 fully saturated rings. The molecule has 0 bridgehead atoms. The van der Waals surface area contributed by atoms with Gasteiger partial charge in [-0.05, 0) is 31.4 Å². The highest BCUT2D eigenvalue weighted by molar-refractivity contribution is 7.91. The van der Waals surface area contributed by atoms with Crippen LogP contribution in [0.15, 0.2) is 22.9 Å². The first-order chi connectivity index (χ1) is 9.48. The summed E-state index contributed by atoms with van der Waals surface area (Å²) in [5, 5.41) is 3.43. The summed E-state index contributed by atoms with van der Waals surface area (Å²) in [6.45, 7) is 9.02. The normalized spacial score (nSPS) is 15.8. The van der Waals surface area contributed by atoms with E-state index < -0.39 is 10.0 Å². The van der Waals surface area contributed by atoms with Crippen molar-refractivity contribution in [3.05, 3.63) is 29.2 Å². The monoisotopic (exact) mass is 314 g/mol. The van der Waals surface area contributed by atoms with Gasteiger partial charge in [-0.25, -0.2) is 8.42 Å². The minimum Gasteiger partial charge on any atom is -0.309 e. The predicted molar refractivity (Wildman–Crippen MR) is 83.5 cm³/mol. The van der Waals surface area contributed by atoms with Crippen LogP contribution in [0.4, 0.5) is 0 Å². The van der Waals surface area contributed by atoms with Crippen molar-refractivity contribution in [2.45, 2.75) is 43.5 Å². The third kappa shape index (κ3) is 3.49. The molecule has 2 rings (SSSR count). The Hall–Kier alpha value is -0.690. The average molecular weight is 314 g/mol. The van der Waals surface area contributed by atoms with Crippen LogP contribution in [-0.2, 0) is 16.6 Å². The van der Waals surface area contributed by atoms with Gasteiger partial charge in [0.2, 0.25) is 0 Å². The van der Waals surface area contributed by atoms with Crippen LogP contribution in [0.1, 0.15) is 30.2 Å². The predicted octanol–water partition coefficient (Wildman–Crippen LogP) is 2.51. The van der Waals surface area contributed by atoms with Gasteiger partial charge in [-0.15, -0.1) is 17.9 Å². The van der Waals surface area contributed by atoms with Gasteiger partial charge in [-0.3, -0.25) is 0 Å². The topological polar surface area (TPSA) is 49.4 Å².